The van der Waals surface area contributed by atoms with Crippen LogP contribution >= 0.6 is 11.6 Å². The van der Waals surface area contributed by atoms with Crippen molar-refractivity contribution in [2.45, 2.75) is 31.3 Å². The van der Waals surface area contributed by atoms with Gasteiger partial charge in [0.05, 0.1) is 6.61 Å². The summed E-state index contributed by atoms with van der Waals surface area (Å²) in [5, 5.41) is 13.5. The van der Waals surface area contributed by atoms with E-state index in [0.717, 1.165) is 24.4 Å². The normalized spacial score (nSPS) is 18.5. The van der Waals surface area contributed by atoms with Crippen LogP contribution in [0.2, 0.25) is 5.02 Å². The molecule has 1 saturated carbocycles. The molecule has 82 valence electrons. The van der Waals surface area contributed by atoms with Crippen molar-refractivity contribution in [2.24, 2.45) is 0 Å². The fourth-order valence-corrected chi connectivity index (χ4v) is 2.14. The number of nitrogens with one attached hydrogen (secondary N) is 1. The molecular weight excluding hydrogens is 210 g/mol. The summed E-state index contributed by atoms with van der Waals surface area (Å²) < 4.78 is 0. The molecule has 0 radical (unpaired) electrons. The number of halogens is 1. The second kappa shape index (κ2) is 4.52. The largest absolute Gasteiger partial charge is 0.394 e. The molecule has 15 heavy (non-hydrogen) atoms. The van der Waals surface area contributed by atoms with E-state index in [9.17, 15) is 5.11 Å². The summed E-state index contributed by atoms with van der Waals surface area (Å²) in [7, 11) is 0. The molecule has 0 heterocycles. The van der Waals surface area contributed by atoms with Gasteiger partial charge in [-0.3, -0.25) is 0 Å². The van der Waals surface area contributed by atoms with Crippen molar-refractivity contribution in [3.8, 4) is 0 Å². The lowest BCUT2D eigenvalue weighted by molar-refractivity contribution is 0.0872. The predicted octanol–water partition coefficient (Wildman–Crippen LogP) is 2.34. The Bertz CT molecular complexity index is 331. The molecule has 2 nitrogen and oxygen atoms in total. The van der Waals surface area contributed by atoms with E-state index < -0.39 is 0 Å². The van der Waals surface area contributed by atoms with E-state index in [1.54, 1.807) is 0 Å². The van der Waals surface area contributed by atoms with Crippen molar-refractivity contribution < 1.29 is 5.11 Å². The van der Waals surface area contributed by atoms with E-state index in [4.69, 9.17) is 11.6 Å². The van der Waals surface area contributed by atoms with Crippen molar-refractivity contribution in [2.75, 3.05) is 6.61 Å². The quantitative estimate of drug-likeness (QED) is 0.825. The fourth-order valence-electron chi connectivity index (χ4n) is 1.93. The minimum Gasteiger partial charge on any atom is -0.394 e. The van der Waals surface area contributed by atoms with Crippen LogP contribution in [0.1, 0.15) is 24.8 Å². The lowest BCUT2D eigenvalue weighted by Gasteiger charge is -2.41. The zero-order valence-electron chi connectivity index (χ0n) is 8.67. The topological polar surface area (TPSA) is 32.3 Å². The molecule has 0 bridgehead atoms. The van der Waals surface area contributed by atoms with Gasteiger partial charge in [-0.2, -0.15) is 0 Å². The van der Waals surface area contributed by atoms with Gasteiger partial charge in [0.25, 0.3) is 0 Å². The highest BCUT2D eigenvalue weighted by molar-refractivity contribution is 6.30. The molecule has 0 saturated heterocycles. The number of aliphatic hydroxyl groups is 1. The van der Waals surface area contributed by atoms with E-state index in [0.29, 0.717) is 0 Å². The van der Waals surface area contributed by atoms with Crippen molar-refractivity contribution in [3.05, 3.63) is 34.9 Å². The Morgan fingerprint density at radius 3 is 2.73 bits per heavy atom. The predicted molar refractivity (Wildman–Crippen MR) is 62.0 cm³/mol. The number of benzene rings is 1. The molecule has 1 aliphatic rings. The molecule has 3 heteroatoms. The van der Waals surface area contributed by atoms with Crippen LogP contribution in [0.3, 0.4) is 0 Å². The monoisotopic (exact) mass is 225 g/mol. The van der Waals surface area contributed by atoms with Crippen LogP contribution in [0.5, 0.6) is 0 Å². The first kappa shape index (κ1) is 10.9. The van der Waals surface area contributed by atoms with Crippen molar-refractivity contribution >= 4 is 11.6 Å². The average molecular weight is 226 g/mol. The molecule has 0 amide bonds. The van der Waals surface area contributed by atoms with Gasteiger partial charge in [0, 0.05) is 17.1 Å². The van der Waals surface area contributed by atoms with Gasteiger partial charge in [0.2, 0.25) is 0 Å². The third-order valence-electron chi connectivity index (χ3n) is 3.17. The molecule has 0 spiro atoms. The number of hydrogen-bond acceptors (Lipinski definition) is 2. The molecular formula is C12H16ClNO. The zero-order chi connectivity index (χ0) is 10.7. The lowest BCUT2D eigenvalue weighted by atomic mass is 9.77. The zero-order valence-corrected chi connectivity index (χ0v) is 9.43. The standard InChI is InChI=1S/C12H16ClNO/c13-11-4-1-3-10(7-11)8-14-12(9-15)5-2-6-12/h1,3-4,7,14-15H,2,5-6,8-9H2. The Labute approximate surface area is 95.3 Å². The van der Waals surface area contributed by atoms with Crippen LogP contribution in [0, 0.1) is 0 Å². The Hall–Kier alpha value is -0.570. The molecule has 1 aromatic carbocycles. The molecule has 1 aromatic rings. The highest BCUT2D eigenvalue weighted by Crippen LogP contribution is 2.31. The van der Waals surface area contributed by atoms with Crippen molar-refractivity contribution in [1.82, 2.24) is 5.32 Å². The maximum absolute atomic E-state index is 9.28. The first-order valence-corrected chi connectivity index (χ1v) is 5.72. The second-order valence-corrected chi connectivity index (χ2v) is 4.71. The van der Waals surface area contributed by atoms with E-state index >= 15 is 0 Å². The van der Waals surface area contributed by atoms with Gasteiger partial charge < -0.3 is 10.4 Å². The summed E-state index contributed by atoms with van der Waals surface area (Å²) in [6.07, 6.45) is 3.36. The third kappa shape index (κ3) is 2.51. The highest BCUT2D eigenvalue weighted by atomic mass is 35.5. The number of rotatable bonds is 4. The van der Waals surface area contributed by atoms with E-state index in [1.165, 1.54) is 12.0 Å². The van der Waals surface area contributed by atoms with Crippen LogP contribution in [-0.4, -0.2) is 17.3 Å². The second-order valence-electron chi connectivity index (χ2n) is 4.28. The van der Waals surface area contributed by atoms with E-state index in [2.05, 4.69) is 5.32 Å². The van der Waals surface area contributed by atoms with Crippen molar-refractivity contribution in [1.29, 1.82) is 0 Å². The Balaban J connectivity index is 1.92. The maximum atomic E-state index is 9.28. The summed E-state index contributed by atoms with van der Waals surface area (Å²) in [4.78, 5) is 0. The number of hydrogen-bond donors (Lipinski definition) is 2. The Morgan fingerprint density at radius 2 is 2.20 bits per heavy atom. The van der Waals surface area contributed by atoms with Gasteiger partial charge >= 0.3 is 0 Å². The first-order valence-electron chi connectivity index (χ1n) is 5.34. The average Bonchev–Trinajstić information content (AvgIpc) is 2.17. The molecule has 2 rings (SSSR count). The SMILES string of the molecule is OCC1(NCc2cccc(Cl)c2)CCC1. The minimum absolute atomic E-state index is 0.0255. The summed E-state index contributed by atoms with van der Waals surface area (Å²) >= 11 is 5.90. The van der Waals surface area contributed by atoms with E-state index in [-0.39, 0.29) is 12.1 Å². The molecule has 0 atom stereocenters. The molecule has 0 unspecified atom stereocenters. The van der Waals surface area contributed by atoms with Crippen molar-refractivity contribution in [3.63, 3.8) is 0 Å². The molecule has 0 aromatic heterocycles. The molecule has 2 N–H and O–H groups in total. The Morgan fingerprint density at radius 1 is 1.40 bits per heavy atom. The fraction of sp³-hybridized carbons (Fsp3) is 0.500. The summed E-state index contributed by atoms with van der Waals surface area (Å²) in [5.41, 5.74) is 1.14. The van der Waals surface area contributed by atoms with Crippen LogP contribution in [0.25, 0.3) is 0 Å². The van der Waals surface area contributed by atoms with Crippen LogP contribution in [0.4, 0.5) is 0 Å². The van der Waals surface area contributed by atoms with Gasteiger partial charge in [0.1, 0.15) is 0 Å². The molecule has 0 aliphatic heterocycles. The first-order chi connectivity index (χ1) is 7.24. The number of aliphatic hydroxyl groups excluding tert-OH is 1. The van der Waals surface area contributed by atoms with Gasteiger partial charge in [0.15, 0.2) is 0 Å². The van der Waals surface area contributed by atoms with E-state index in [1.807, 2.05) is 24.3 Å². The van der Waals surface area contributed by atoms with Crippen LogP contribution in [-0.2, 0) is 6.54 Å². The molecule has 1 aliphatic carbocycles. The minimum atomic E-state index is -0.0255. The van der Waals surface area contributed by atoms with Gasteiger partial charge in [-0.1, -0.05) is 23.7 Å². The maximum Gasteiger partial charge on any atom is 0.0613 e. The van der Waals surface area contributed by atoms with Crippen LogP contribution < -0.4 is 5.32 Å². The molecule has 1 fully saturated rings. The third-order valence-corrected chi connectivity index (χ3v) is 3.40. The highest BCUT2D eigenvalue weighted by Gasteiger charge is 2.35. The summed E-state index contributed by atoms with van der Waals surface area (Å²) in [6.45, 7) is 1.01. The lowest BCUT2D eigenvalue weighted by Crippen LogP contribution is -2.53. The van der Waals surface area contributed by atoms with Crippen LogP contribution in [0.15, 0.2) is 24.3 Å². The summed E-state index contributed by atoms with van der Waals surface area (Å²) in [6, 6.07) is 7.82. The van der Waals surface area contributed by atoms with Gasteiger partial charge in [-0.25, -0.2) is 0 Å². The van der Waals surface area contributed by atoms with Gasteiger partial charge in [-0.05, 0) is 37.0 Å². The Kier molecular flexibility index (Phi) is 3.29. The summed E-state index contributed by atoms with van der Waals surface area (Å²) in [5.74, 6) is 0. The van der Waals surface area contributed by atoms with Gasteiger partial charge in [-0.15, -0.1) is 0 Å². The smallest absolute Gasteiger partial charge is 0.0613 e.